The quantitative estimate of drug-likeness (QED) is 0.216. The number of hydrogen-bond acceptors (Lipinski definition) is 4. The maximum Gasteiger partial charge on any atom is 0.264 e. The fourth-order valence-electron chi connectivity index (χ4n) is 4.22. The van der Waals surface area contributed by atoms with Crippen molar-refractivity contribution in [2.45, 2.75) is 64.1 Å². The number of carbonyl (C=O) groups is 2. The minimum Gasteiger partial charge on any atom is -0.352 e. The molecule has 3 rings (SSSR count). The molecular weight excluding hydrogens is 640 g/mol. The number of hydrogen-bond donors (Lipinski definition) is 1. The topological polar surface area (TPSA) is 86.8 Å². The summed E-state index contributed by atoms with van der Waals surface area (Å²) in [5, 5.41) is 3.96. The molecule has 0 heterocycles. The Morgan fingerprint density at radius 1 is 0.857 bits per heavy atom. The fraction of sp³-hybridized carbons (Fsp3) is 0.333. The van der Waals surface area contributed by atoms with Crippen LogP contribution in [0.5, 0.6) is 0 Å². The summed E-state index contributed by atoms with van der Waals surface area (Å²) < 4.78 is 28.9. The van der Waals surface area contributed by atoms with E-state index in [1.807, 2.05) is 20.8 Å². The van der Waals surface area contributed by atoms with E-state index in [0.29, 0.717) is 22.0 Å². The van der Waals surface area contributed by atoms with Crippen molar-refractivity contribution in [1.82, 2.24) is 10.2 Å². The molecule has 7 nitrogen and oxygen atoms in total. The van der Waals surface area contributed by atoms with E-state index in [-0.39, 0.29) is 45.5 Å². The van der Waals surface area contributed by atoms with E-state index in [4.69, 9.17) is 46.4 Å². The highest BCUT2D eigenvalue weighted by molar-refractivity contribution is 7.92. The van der Waals surface area contributed by atoms with Gasteiger partial charge in [0, 0.05) is 27.7 Å². The highest BCUT2D eigenvalue weighted by atomic mass is 35.5. The second kappa shape index (κ2) is 14.8. The molecule has 0 aliphatic heterocycles. The summed E-state index contributed by atoms with van der Waals surface area (Å²) in [4.78, 5) is 28.9. The third kappa shape index (κ3) is 8.32. The molecule has 0 radical (unpaired) electrons. The van der Waals surface area contributed by atoms with Crippen LogP contribution in [0.3, 0.4) is 0 Å². The normalized spacial score (nSPS) is 12.9. The molecule has 1 N–H and O–H groups in total. The van der Waals surface area contributed by atoms with Gasteiger partial charge in [-0.05, 0) is 74.7 Å². The molecule has 0 fully saturated rings. The monoisotopic (exact) mass is 671 g/mol. The zero-order chi connectivity index (χ0) is 31.2. The Kier molecular flexibility index (Phi) is 12.0. The first kappa shape index (κ1) is 34.0. The number of halogens is 4. The molecule has 0 spiro atoms. The molecule has 3 aromatic rings. The zero-order valence-electron chi connectivity index (χ0n) is 23.7. The molecule has 0 aromatic heterocycles. The van der Waals surface area contributed by atoms with Crippen LogP contribution in [0.2, 0.25) is 20.1 Å². The van der Waals surface area contributed by atoms with Gasteiger partial charge in [0.25, 0.3) is 10.0 Å². The maximum absolute atomic E-state index is 14.2. The first-order valence-electron chi connectivity index (χ1n) is 13.4. The van der Waals surface area contributed by atoms with Crippen LogP contribution in [0.4, 0.5) is 5.69 Å². The number of nitrogens with one attached hydrogen (secondary N) is 1. The second-order valence-electron chi connectivity index (χ2n) is 9.92. The van der Waals surface area contributed by atoms with E-state index < -0.39 is 28.5 Å². The first-order chi connectivity index (χ1) is 19.8. The van der Waals surface area contributed by atoms with Gasteiger partial charge in [0.05, 0.1) is 15.6 Å². The van der Waals surface area contributed by atoms with E-state index in [0.717, 1.165) is 9.87 Å². The van der Waals surface area contributed by atoms with E-state index in [1.165, 1.54) is 35.2 Å². The second-order valence-corrected chi connectivity index (χ2v) is 13.5. The Balaban J connectivity index is 2.12. The van der Waals surface area contributed by atoms with E-state index in [2.05, 4.69) is 5.32 Å². The molecule has 0 aliphatic rings. The van der Waals surface area contributed by atoms with Gasteiger partial charge in [-0.15, -0.1) is 0 Å². The number of benzene rings is 3. The number of sulfonamides is 1. The van der Waals surface area contributed by atoms with Gasteiger partial charge in [0.1, 0.15) is 12.6 Å². The van der Waals surface area contributed by atoms with Crippen LogP contribution < -0.4 is 9.62 Å². The van der Waals surface area contributed by atoms with Crippen LogP contribution in [0.25, 0.3) is 0 Å². The zero-order valence-corrected chi connectivity index (χ0v) is 27.5. The summed E-state index contributed by atoms with van der Waals surface area (Å²) in [6.07, 6.45) is 0.955. The van der Waals surface area contributed by atoms with Crippen LogP contribution in [0, 0.1) is 6.92 Å². The highest BCUT2D eigenvalue weighted by Gasteiger charge is 2.35. The molecule has 12 heteroatoms. The van der Waals surface area contributed by atoms with Crippen molar-refractivity contribution in [1.29, 1.82) is 0 Å². The van der Waals surface area contributed by atoms with Crippen LogP contribution in [0.15, 0.2) is 65.6 Å². The molecule has 0 saturated heterocycles. The molecule has 0 bridgehead atoms. The number of anilines is 1. The molecule has 2 amide bonds. The van der Waals surface area contributed by atoms with Crippen molar-refractivity contribution in [2.24, 2.45) is 0 Å². The van der Waals surface area contributed by atoms with Crippen LogP contribution >= 0.6 is 46.4 Å². The third-order valence-corrected chi connectivity index (χ3v) is 9.72. The summed E-state index contributed by atoms with van der Waals surface area (Å²) in [5.74, 6) is -1.00. The number of aryl methyl sites for hydroxylation is 1. The lowest BCUT2D eigenvalue weighted by Crippen LogP contribution is -2.53. The Morgan fingerprint density at radius 2 is 1.48 bits per heavy atom. The van der Waals surface area contributed by atoms with E-state index in [1.54, 1.807) is 37.3 Å². The predicted molar refractivity (Wildman–Crippen MR) is 171 cm³/mol. The number of rotatable bonds is 12. The Bertz CT molecular complexity index is 1530. The van der Waals surface area contributed by atoms with Gasteiger partial charge in [0.15, 0.2) is 0 Å². The van der Waals surface area contributed by atoms with Crippen molar-refractivity contribution >= 4 is 73.9 Å². The summed E-state index contributed by atoms with van der Waals surface area (Å²) in [6.45, 7) is 6.69. The lowest BCUT2D eigenvalue weighted by molar-refractivity contribution is -0.140. The van der Waals surface area contributed by atoms with Gasteiger partial charge in [-0.2, -0.15) is 0 Å². The molecular formula is C30H33Cl4N3O4S. The SMILES string of the molecule is CC[C@H](C)NC(=O)[C@H](CC)N(Cc1ccc(Cl)cc1Cl)C(=O)CN(c1cc(Cl)ccc1Cl)S(=O)(=O)c1ccc(C)cc1. The molecule has 0 unspecified atom stereocenters. The van der Waals surface area contributed by atoms with Crippen molar-refractivity contribution in [2.75, 3.05) is 10.8 Å². The Morgan fingerprint density at radius 3 is 2.07 bits per heavy atom. The lowest BCUT2D eigenvalue weighted by Gasteiger charge is -2.34. The average molecular weight is 673 g/mol. The summed E-state index contributed by atoms with van der Waals surface area (Å²) in [5.41, 5.74) is 1.43. The molecule has 2 atom stereocenters. The van der Waals surface area contributed by atoms with Gasteiger partial charge in [0.2, 0.25) is 11.8 Å². The van der Waals surface area contributed by atoms with Crippen LogP contribution in [-0.2, 0) is 26.2 Å². The minimum absolute atomic E-state index is 0.0275. The van der Waals surface area contributed by atoms with Crippen molar-refractivity contribution in [3.05, 3.63) is 91.9 Å². The third-order valence-electron chi connectivity index (χ3n) is 6.81. The fourth-order valence-corrected chi connectivity index (χ4v) is 6.55. The van der Waals surface area contributed by atoms with Crippen LogP contribution in [-0.4, -0.2) is 43.8 Å². The molecule has 0 saturated carbocycles. The highest BCUT2D eigenvalue weighted by Crippen LogP contribution is 2.33. The van der Waals surface area contributed by atoms with E-state index >= 15 is 0 Å². The number of amides is 2. The van der Waals surface area contributed by atoms with Gasteiger partial charge < -0.3 is 10.2 Å². The molecule has 3 aromatic carbocycles. The summed E-state index contributed by atoms with van der Waals surface area (Å²) in [6, 6.07) is 14.4. The Hall–Kier alpha value is -2.49. The number of carbonyl (C=O) groups excluding carboxylic acids is 2. The number of nitrogens with zero attached hydrogens (tertiary/aromatic N) is 2. The summed E-state index contributed by atoms with van der Waals surface area (Å²) >= 11 is 25.2. The van der Waals surface area contributed by atoms with E-state index in [9.17, 15) is 18.0 Å². The maximum atomic E-state index is 14.2. The van der Waals surface area contributed by atoms with Crippen molar-refractivity contribution in [3.63, 3.8) is 0 Å². The first-order valence-corrected chi connectivity index (χ1v) is 16.3. The molecule has 42 heavy (non-hydrogen) atoms. The average Bonchev–Trinajstić information content (AvgIpc) is 2.94. The largest absolute Gasteiger partial charge is 0.352 e. The van der Waals surface area contributed by atoms with Crippen LogP contribution in [0.1, 0.15) is 44.7 Å². The lowest BCUT2D eigenvalue weighted by atomic mass is 10.1. The smallest absolute Gasteiger partial charge is 0.264 e. The predicted octanol–water partition coefficient (Wildman–Crippen LogP) is 7.53. The van der Waals surface area contributed by atoms with Gasteiger partial charge >= 0.3 is 0 Å². The Labute approximate surface area is 267 Å². The summed E-state index contributed by atoms with van der Waals surface area (Å²) in [7, 11) is -4.30. The van der Waals surface area contributed by atoms with Gasteiger partial charge in [-0.3, -0.25) is 13.9 Å². The minimum atomic E-state index is -4.30. The molecule has 0 aliphatic carbocycles. The van der Waals surface area contributed by atoms with Crippen molar-refractivity contribution < 1.29 is 18.0 Å². The van der Waals surface area contributed by atoms with Gasteiger partial charge in [-0.25, -0.2) is 8.42 Å². The van der Waals surface area contributed by atoms with Crippen molar-refractivity contribution in [3.8, 4) is 0 Å². The molecule has 226 valence electrons. The standard InChI is InChI=1S/C30H33Cl4N3O4S/c1-5-20(4)35-30(39)27(6-2)36(17-21-9-10-22(31)15-26(21)34)29(38)18-37(28-16-23(32)11-14-25(28)33)42(40,41)24-12-7-19(3)8-13-24/h7-16,20,27H,5-6,17-18H2,1-4H3,(H,35,39)/t20-,27-/m0/s1. The van der Waals surface area contributed by atoms with Gasteiger partial charge in [-0.1, -0.05) is 84.0 Å².